The number of benzene rings is 1. The standard InChI is InChI=1S/C13H15N3O/c1-9-8-14-12(15-13(9)16(2)3)10-6-4-5-7-11(10)17/h4-8,17H,1-3H3. The Morgan fingerprint density at radius 1 is 1.18 bits per heavy atom. The van der Waals surface area contributed by atoms with Crippen molar-refractivity contribution in [1.29, 1.82) is 0 Å². The lowest BCUT2D eigenvalue weighted by molar-refractivity contribution is 0.477. The van der Waals surface area contributed by atoms with Crippen LogP contribution in [0, 0.1) is 6.92 Å². The second-order valence-corrected chi connectivity index (χ2v) is 4.11. The number of nitrogens with zero attached hydrogens (tertiary/aromatic N) is 3. The number of aryl methyl sites for hydroxylation is 1. The molecule has 4 heteroatoms. The van der Waals surface area contributed by atoms with Gasteiger partial charge in [-0.1, -0.05) is 12.1 Å². The first-order chi connectivity index (χ1) is 8.09. The van der Waals surface area contributed by atoms with E-state index in [4.69, 9.17) is 0 Å². The van der Waals surface area contributed by atoms with Gasteiger partial charge in [0.25, 0.3) is 0 Å². The molecule has 0 aliphatic rings. The molecule has 2 aromatic rings. The topological polar surface area (TPSA) is 49.3 Å². The van der Waals surface area contributed by atoms with Crippen LogP contribution in [0.3, 0.4) is 0 Å². The van der Waals surface area contributed by atoms with E-state index in [0.717, 1.165) is 11.4 Å². The molecule has 0 spiro atoms. The fourth-order valence-electron chi connectivity index (χ4n) is 1.68. The summed E-state index contributed by atoms with van der Waals surface area (Å²) in [6.07, 6.45) is 1.77. The summed E-state index contributed by atoms with van der Waals surface area (Å²) in [5, 5.41) is 9.77. The molecule has 0 saturated heterocycles. The van der Waals surface area contributed by atoms with Crippen LogP contribution in [0.4, 0.5) is 5.82 Å². The minimum absolute atomic E-state index is 0.195. The maximum absolute atomic E-state index is 9.77. The summed E-state index contributed by atoms with van der Waals surface area (Å²) in [6.45, 7) is 1.96. The van der Waals surface area contributed by atoms with E-state index >= 15 is 0 Å². The van der Waals surface area contributed by atoms with Crippen molar-refractivity contribution in [1.82, 2.24) is 9.97 Å². The van der Waals surface area contributed by atoms with E-state index in [-0.39, 0.29) is 5.75 Å². The average molecular weight is 229 g/mol. The molecule has 88 valence electrons. The summed E-state index contributed by atoms with van der Waals surface area (Å²) in [6, 6.07) is 7.07. The zero-order chi connectivity index (χ0) is 12.4. The van der Waals surface area contributed by atoms with Crippen LogP contribution in [-0.2, 0) is 0 Å². The van der Waals surface area contributed by atoms with E-state index in [0.29, 0.717) is 11.4 Å². The molecule has 0 amide bonds. The summed E-state index contributed by atoms with van der Waals surface area (Å²) in [5.74, 6) is 1.59. The van der Waals surface area contributed by atoms with E-state index in [1.807, 2.05) is 32.0 Å². The number of aromatic hydroxyl groups is 1. The van der Waals surface area contributed by atoms with Crippen molar-refractivity contribution in [2.24, 2.45) is 0 Å². The first-order valence-electron chi connectivity index (χ1n) is 5.39. The second kappa shape index (κ2) is 4.41. The zero-order valence-electron chi connectivity index (χ0n) is 10.2. The van der Waals surface area contributed by atoms with Gasteiger partial charge in [-0.15, -0.1) is 0 Å². The van der Waals surface area contributed by atoms with Gasteiger partial charge in [0.05, 0.1) is 5.56 Å². The second-order valence-electron chi connectivity index (χ2n) is 4.11. The Kier molecular flexibility index (Phi) is 2.95. The van der Waals surface area contributed by atoms with Crippen molar-refractivity contribution in [2.45, 2.75) is 6.92 Å². The molecule has 1 heterocycles. The summed E-state index contributed by atoms with van der Waals surface area (Å²) < 4.78 is 0. The predicted octanol–water partition coefficient (Wildman–Crippen LogP) is 2.22. The van der Waals surface area contributed by atoms with Crippen LogP contribution in [0.1, 0.15) is 5.56 Å². The van der Waals surface area contributed by atoms with Gasteiger partial charge in [0.2, 0.25) is 0 Å². The molecule has 0 bridgehead atoms. The number of phenols is 1. The van der Waals surface area contributed by atoms with Crippen LogP contribution in [0.15, 0.2) is 30.5 Å². The van der Waals surface area contributed by atoms with E-state index in [1.165, 1.54) is 0 Å². The highest BCUT2D eigenvalue weighted by molar-refractivity contribution is 5.65. The van der Waals surface area contributed by atoms with Crippen molar-refractivity contribution < 1.29 is 5.11 Å². The van der Waals surface area contributed by atoms with Crippen molar-refractivity contribution in [2.75, 3.05) is 19.0 Å². The van der Waals surface area contributed by atoms with Crippen molar-refractivity contribution in [3.63, 3.8) is 0 Å². The number of hydrogen-bond acceptors (Lipinski definition) is 4. The number of anilines is 1. The number of aromatic nitrogens is 2. The monoisotopic (exact) mass is 229 g/mol. The molecule has 0 saturated carbocycles. The van der Waals surface area contributed by atoms with Crippen molar-refractivity contribution >= 4 is 5.82 Å². The van der Waals surface area contributed by atoms with Gasteiger partial charge in [0, 0.05) is 25.9 Å². The Morgan fingerprint density at radius 3 is 2.53 bits per heavy atom. The van der Waals surface area contributed by atoms with Crippen molar-refractivity contribution in [3.8, 4) is 17.1 Å². The largest absolute Gasteiger partial charge is 0.507 e. The number of para-hydroxylation sites is 1. The molecule has 0 radical (unpaired) electrons. The number of phenolic OH excluding ortho intramolecular Hbond substituents is 1. The molecular weight excluding hydrogens is 214 g/mol. The van der Waals surface area contributed by atoms with Crippen LogP contribution in [-0.4, -0.2) is 29.2 Å². The molecule has 4 nitrogen and oxygen atoms in total. The normalized spacial score (nSPS) is 10.3. The Morgan fingerprint density at radius 2 is 1.88 bits per heavy atom. The Labute approximate surface area is 101 Å². The SMILES string of the molecule is Cc1cnc(-c2ccccc2O)nc1N(C)C. The minimum Gasteiger partial charge on any atom is -0.507 e. The fraction of sp³-hybridized carbons (Fsp3) is 0.231. The van der Waals surface area contributed by atoms with E-state index < -0.39 is 0 Å². The maximum atomic E-state index is 9.77. The zero-order valence-corrected chi connectivity index (χ0v) is 10.2. The van der Waals surface area contributed by atoms with Crippen LogP contribution >= 0.6 is 0 Å². The highest BCUT2D eigenvalue weighted by Crippen LogP contribution is 2.27. The lowest BCUT2D eigenvalue weighted by Crippen LogP contribution is -2.13. The molecule has 0 unspecified atom stereocenters. The molecule has 1 N–H and O–H groups in total. The summed E-state index contributed by atoms with van der Waals surface area (Å²) in [7, 11) is 3.87. The predicted molar refractivity (Wildman–Crippen MR) is 68.2 cm³/mol. The van der Waals surface area contributed by atoms with Gasteiger partial charge in [0.1, 0.15) is 11.6 Å². The van der Waals surface area contributed by atoms with Gasteiger partial charge >= 0.3 is 0 Å². The summed E-state index contributed by atoms with van der Waals surface area (Å²) in [4.78, 5) is 10.6. The molecule has 0 aliphatic heterocycles. The van der Waals surface area contributed by atoms with Gasteiger partial charge in [0.15, 0.2) is 5.82 Å². The average Bonchev–Trinajstić information content (AvgIpc) is 2.30. The smallest absolute Gasteiger partial charge is 0.165 e. The quantitative estimate of drug-likeness (QED) is 0.857. The third-order valence-electron chi connectivity index (χ3n) is 2.51. The molecule has 0 atom stereocenters. The molecule has 1 aromatic carbocycles. The van der Waals surface area contributed by atoms with Gasteiger partial charge in [-0.25, -0.2) is 9.97 Å². The third-order valence-corrected chi connectivity index (χ3v) is 2.51. The fourth-order valence-corrected chi connectivity index (χ4v) is 1.68. The summed E-state index contributed by atoms with van der Waals surface area (Å²) in [5.41, 5.74) is 1.66. The Hall–Kier alpha value is -2.10. The van der Waals surface area contributed by atoms with Crippen LogP contribution in [0.2, 0.25) is 0 Å². The van der Waals surface area contributed by atoms with Gasteiger partial charge < -0.3 is 10.0 Å². The van der Waals surface area contributed by atoms with E-state index in [9.17, 15) is 5.11 Å². The number of rotatable bonds is 2. The van der Waals surface area contributed by atoms with Crippen LogP contribution < -0.4 is 4.90 Å². The van der Waals surface area contributed by atoms with E-state index in [1.54, 1.807) is 24.4 Å². The molecule has 0 aliphatic carbocycles. The van der Waals surface area contributed by atoms with Gasteiger partial charge in [-0.2, -0.15) is 0 Å². The van der Waals surface area contributed by atoms with Crippen LogP contribution in [0.25, 0.3) is 11.4 Å². The van der Waals surface area contributed by atoms with Crippen LogP contribution in [0.5, 0.6) is 5.75 Å². The lowest BCUT2D eigenvalue weighted by Gasteiger charge is -2.15. The molecule has 17 heavy (non-hydrogen) atoms. The lowest BCUT2D eigenvalue weighted by atomic mass is 10.2. The first-order valence-corrected chi connectivity index (χ1v) is 5.39. The first kappa shape index (κ1) is 11.4. The highest BCUT2D eigenvalue weighted by Gasteiger charge is 2.10. The Balaban J connectivity index is 2.54. The van der Waals surface area contributed by atoms with Gasteiger partial charge in [-0.3, -0.25) is 0 Å². The maximum Gasteiger partial charge on any atom is 0.165 e. The highest BCUT2D eigenvalue weighted by atomic mass is 16.3. The van der Waals surface area contributed by atoms with Gasteiger partial charge in [-0.05, 0) is 19.1 Å². The number of hydrogen-bond donors (Lipinski definition) is 1. The summed E-state index contributed by atoms with van der Waals surface area (Å²) >= 11 is 0. The molecule has 2 rings (SSSR count). The van der Waals surface area contributed by atoms with Crippen molar-refractivity contribution in [3.05, 3.63) is 36.0 Å². The third kappa shape index (κ3) is 2.20. The molecular formula is C13H15N3O. The Bertz CT molecular complexity index is 538. The minimum atomic E-state index is 0.195. The molecule has 0 fully saturated rings. The van der Waals surface area contributed by atoms with E-state index in [2.05, 4.69) is 9.97 Å². The molecule has 1 aromatic heterocycles.